The van der Waals surface area contributed by atoms with Crippen molar-refractivity contribution in [3.05, 3.63) is 15.9 Å². The molecular weight excluding hydrogens is 240 g/mol. The molecule has 1 rings (SSSR count). The van der Waals surface area contributed by atoms with Crippen molar-refractivity contribution in [2.45, 2.75) is 13.3 Å². The topological polar surface area (TPSA) is 83.0 Å². The number of H-pyrrole nitrogens is 1. The average molecular weight is 247 g/mol. The molecule has 1 heterocycles. The quantitative estimate of drug-likeness (QED) is 0.834. The van der Waals surface area contributed by atoms with E-state index in [-0.39, 0.29) is 17.9 Å². The summed E-state index contributed by atoms with van der Waals surface area (Å²) >= 11 is 3.05. The van der Waals surface area contributed by atoms with E-state index in [1.807, 2.05) is 0 Å². The summed E-state index contributed by atoms with van der Waals surface area (Å²) < 4.78 is 0.343. The Morgan fingerprint density at radius 3 is 2.62 bits per heavy atom. The molecular formula is C7H7BrN2O3. The van der Waals surface area contributed by atoms with Crippen LogP contribution in [0.25, 0.3) is 0 Å². The van der Waals surface area contributed by atoms with Crippen molar-refractivity contribution < 1.29 is 14.7 Å². The fraction of sp³-hybridized carbons (Fsp3) is 0.286. The first-order valence-electron chi connectivity index (χ1n) is 3.48. The number of aromatic nitrogens is 2. The molecule has 0 radical (unpaired) electrons. The number of Topliss-reactive ketones (excluding diaryl/α,β-unsaturated/α-hetero) is 1. The number of hydrogen-bond acceptors (Lipinski definition) is 3. The molecule has 0 fully saturated rings. The molecule has 70 valence electrons. The van der Waals surface area contributed by atoms with Crippen molar-refractivity contribution in [1.82, 2.24) is 10.2 Å². The van der Waals surface area contributed by atoms with Crippen LogP contribution < -0.4 is 0 Å². The Hall–Kier alpha value is -1.17. The Morgan fingerprint density at radius 2 is 2.23 bits per heavy atom. The standard InChI is InChI=1S/C7H7BrN2O3/c1-3(11)2-4-5(8)6(7(12)13)10-9-4/h2H2,1H3,(H,9,10)(H,12,13). The fourth-order valence-corrected chi connectivity index (χ4v) is 1.36. The van der Waals surface area contributed by atoms with Crippen LogP contribution in [0.15, 0.2) is 4.47 Å². The van der Waals surface area contributed by atoms with Gasteiger partial charge in [-0.25, -0.2) is 4.79 Å². The number of ketones is 1. The number of carbonyl (C=O) groups is 2. The van der Waals surface area contributed by atoms with Crippen LogP contribution in [0.2, 0.25) is 0 Å². The van der Waals surface area contributed by atoms with Gasteiger partial charge < -0.3 is 5.11 Å². The third kappa shape index (κ3) is 2.15. The van der Waals surface area contributed by atoms with Gasteiger partial charge in [0.05, 0.1) is 10.2 Å². The number of carbonyl (C=O) groups excluding carboxylic acids is 1. The molecule has 0 saturated carbocycles. The lowest BCUT2D eigenvalue weighted by molar-refractivity contribution is -0.116. The highest BCUT2D eigenvalue weighted by Crippen LogP contribution is 2.19. The van der Waals surface area contributed by atoms with Gasteiger partial charge in [0, 0.05) is 6.42 Å². The van der Waals surface area contributed by atoms with E-state index in [0.29, 0.717) is 10.2 Å². The second kappa shape index (κ2) is 3.69. The van der Waals surface area contributed by atoms with Gasteiger partial charge >= 0.3 is 5.97 Å². The predicted molar refractivity (Wildman–Crippen MR) is 47.6 cm³/mol. The first-order chi connectivity index (χ1) is 6.02. The highest BCUT2D eigenvalue weighted by atomic mass is 79.9. The molecule has 0 saturated heterocycles. The first kappa shape index (κ1) is 9.91. The van der Waals surface area contributed by atoms with Gasteiger partial charge in [0.1, 0.15) is 5.78 Å². The van der Waals surface area contributed by atoms with Crippen LogP contribution in [0.4, 0.5) is 0 Å². The molecule has 0 unspecified atom stereocenters. The molecule has 0 amide bonds. The maximum absolute atomic E-state index is 10.7. The lowest BCUT2D eigenvalue weighted by Crippen LogP contribution is -1.98. The zero-order valence-electron chi connectivity index (χ0n) is 6.80. The minimum absolute atomic E-state index is 0.0544. The molecule has 0 aliphatic heterocycles. The van der Waals surface area contributed by atoms with Gasteiger partial charge in [-0.1, -0.05) is 0 Å². The molecule has 0 aliphatic rings. The van der Waals surface area contributed by atoms with Gasteiger partial charge in [0.25, 0.3) is 0 Å². The van der Waals surface area contributed by atoms with Crippen molar-refractivity contribution in [2.24, 2.45) is 0 Å². The summed E-state index contributed by atoms with van der Waals surface area (Å²) in [6.07, 6.45) is 0.154. The SMILES string of the molecule is CC(=O)Cc1[nH]nc(C(=O)O)c1Br. The third-order valence-corrected chi connectivity index (χ3v) is 2.26. The Labute approximate surface area is 82.3 Å². The number of halogens is 1. The zero-order chi connectivity index (χ0) is 10.0. The Kier molecular flexibility index (Phi) is 2.82. The number of rotatable bonds is 3. The van der Waals surface area contributed by atoms with Gasteiger partial charge in [-0.3, -0.25) is 9.89 Å². The first-order valence-corrected chi connectivity index (χ1v) is 4.27. The monoisotopic (exact) mass is 246 g/mol. The summed E-state index contributed by atoms with van der Waals surface area (Å²) in [4.78, 5) is 21.3. The normalized spacial score (nSPS) is 10.0. The summed E-state index contributed by atoms with van der Waals surface area (Å²) in [6.45, 7) is 1.42. The van der Waals surface area contributed by atoms with E-state index in [1.54, 1.807) is 0 Å². The van der Waals surface area contributed by atoms with Gasteiger partial charge in [-0.2, -0.15) is 5.10 Å². The molecule has 5 nitrogen and oxygen atoms in total. The number of nitrogens with one attached hydrogen (secondary N) is 1. The second-order valence-corrected chi connectivity index (χ2v) is 3.34. The molecule has 0 bridgehead atoms. The van der Waals surface area contributed by atoms with Gasteiger partial charge in [0.15, 0.2) is 5.69 Å². The number of carboxylic acids is 1. The fourth-order valence-electron chi connectivity index (χ4n) is 0.872. The molecule has 0 aromatic carbocycles. The smallest absolute Gasteiger partial charge is 0.357 e. The Morgan fingerprint density at radius 1 is 1.62 bits per heavy atom. The minimum Gasteiger partial charge on any atom is -0.476 e. The Bertz CT molecular complexity index is 359. The molecule has 1 aromatic heterocycles. The lowest BCUT2D eigenvalue weighted by Gasteiger charge is -1.92. The summed E-state index contributed by atoms with van der Waals surface area (Å²) in [5, 5.41) is 14.6. The predicted octanol–water partition coefficient (Wildman–Crippen LogP) is 1.00. The van der Waals surface area contributed by atoms with E-state index >= 15 is 0 Å². The maximum Gasteiger partial charge on any atom is 0.357 e. The highest BCUT2D eigenvalue weighted by molar-refractivity contribution is 9.10. The van der Waals surface area contributed by atoms with Crippen LogP contribution in [-0.4, -0.2) is 27.1 Å². The lowest BCUT2D eigenvalue weighted by atomic mass is 10.2. The van der Waals surface area contributed by atoms with E-state index in [0.717, 1.165) is 0 Å². The van der Waals surface area contributed by atoms with Crippen LogP contribution >= 0.6 is 15.9 Å². The van der Waals surface area contributed by atoms with E-state index < -0.39 is 5.97 Å². The second-order valence-electron chi connectivity index (χ2n) is 2.55. The molecule has 2 N–H and O–H groups in total. The van der Waals surface area contributed by atoms with Crippen molar-refractivity contribution in [1.29, 1.82) is 0 Å². The summed E-state index contributed by atoms with van der Waals surface area (Å²) in [7, 11) is 0. The van der Waals surface area contributed by atoms with Crippen molar-refractivity contribution in [3.8, 4) is 0 Å². The summed E-state index contributed by atoms with van der Waals surface area (Å²) in [5.74, 6) is -1.18. The maximum atomic E-state index is 10.7. The number of nitrogens with zero attached hydrogens (tertiary/aromatic N) is 1. The van der Waals surface area contributed by atoms with Crippen LogP contribution in [-0.2, 0) is 11.2 Å². The average Bonchev–Trinajstić information content (AvgIpc) is 2.32. The van der Waals surface area contributed by atoms with Crippen molar-refractivity contribution >= 4 is 27.7 Å². The van der Waals surface area contributed by atoms with E-state index in [4.69, 9.17) is 5.11 Å². The number of aromatic carboxylic acids is 1. The van der Waals surface area contributed by atoms with Crippen LogP contribution in [0.1, 0.15) is 23.1 Å². The molecule has 6 heteroatoms. The van der Waals surface area contributed by atoms with Gasteiger partial charge in [0.2, 0.25) is 0 Å². The minimum atomic E-state index is -1.13. The molecule has 13 heavy (non-hydrogen) atoms. The highest BCUT2D eigenvalue weighted by Gasteiger charge is 2.16. The summed E-state index contributed by atoms with van der Waals surface area (Å²) in [5.41, 5.74) is 0.390. The van der Waals surface area contributed by atoms with Crippen LogP contribution in [0.3, 0.4) is 0 Å². The molecule has 0 aliphatic carbocycles. The van der Waals surface area contributed by atoms with Crippen molar-refractivity contribution in [3.63, 3.8) is 0 Å². The third-order valence-electron chi connectivity index (χ3n) is 1.40. The zero-order valence-corrected chi connectivity index (χ0v) is 8.38. The number of aromatic amines is 1. The number of hydrogen-bond donors (Lipinski definition) is 2. The molecule has 0 spiro atoms. The van der Waals surface area contributed by atoms with E-state index in [2.05, 4.69) is 26.1 Å². The summed E-state index contributed by atoms with van der Waals surface area (Å²) in [6, 6.07) is 0. The van der Waals surface area contributed by atoms with Crippen LogP contribution in [0.5, 0.6) is 0 Å². The van der Waals surface area contributed by atoms with Gasteiger partial charge in [-0.15, -0.1) is 0 Å². The van der Waals surface area contributed by atoms with E-state index in [9.17, 15) is 9.59 Å². The van der Waals surface area contributed by atoms with Crippen LogP contribution in [0, 0.1) is 0 Å². The molecule has 1 aromatic rings. The largest absolute Gasteiger partial charge is 0.476 e. The number of carboxylic acid groups (broad SMARTS) is 1. The van der Waals surface area contributed by atoms with Crippen molar-refractivity contribution in [2.75, 3.05) is 0 Å². The Balaban J connectivity index is 2.99. The van der Waals surface area contributed by atoms with E-state index in [1.165, 1.54) is 6.92 Å². The molecule has 0 atom stereocenters. The van der Waals surface area contributed by atoms with Gasteiger partial charge in [-0.05, 0) is 22.9 Å².